The molecule has 0 spiro atoms. The monoisotopic (exact) mass is 304 g/mol. The number of anilines is 1. The standard InChI is InChI=1S/C19H16N2O2/c1-22-18-15(12-6-4-3-5-7-12)13-8-10-20-14-9-11-21-17(16(13)14)19(18)23-2/h3-11,21H,1-2H3. The first-order valence-electron chi connectivity index (χ1n) is 7.40. The number of aromatic nitrogens is 1. The van der Waals surface area contributed by atoms with Crippen molar-refractivity contribution in [1.82, 2.24) is 4.98 Å². The molecule has 0 fully saturated rings. The number of hydrogen-bond donors (Lipinski definition) is 1. The van der Waals surface area contributed by atoms with Crippen molar-refractivity contribution in [1.29, 1.82) is 0 Å². The summed E-state index contributed by atoms with van der Waals surface area (Å²) in [5, 5.41) is 5.41. The van der Waals surface area contributed by atoms with E-state index in [1.165, 1.54) is 0 Å². The minimum absolute atomic E-state index is 0.692. The van der Waals surface area contributed by atoms with E-state index in [1.54, 1.807) is 14.2 Å². The van der Waals surface area contributed by atoms with Crippen molar-refractivity contribution in [2.75, 3.05) is 19.5 Å². The van der Waals surface area contributed by atoms with E-state index in [4.69, 9.17) is 9.47 Å². The molecule has 4 nitrogen and oxygen atoms in total. The van der Waals surface area contributed by atoms with Crippen LogP contribution in [0.1, 0.15) is 5.69 Å². The molecule has 4 rings (SSSR count). The van der Waals surface area contributed by atoms with E-state index >= 15 is 0 Å². The van der Waals surface area contributed by atoms with E-state index in [2.05, 4.69) is 22.4 Å². The molecule has 23 heavy (non-hydrogen) atoms. The summed E-state index contributed by atoms with van der Waals surface area (Å²) < 4.78 is 11.4. The molecule has 0 saturated heterocycles. The number of nitrogens with zero attached hydrogens (tertiary/aromatic N) is 1. The highest BCUT2D eigenvalue weighted by molar-refractivity contribution is 6.13. The fourth-order valence-electron chi connectivity index (χ4n) is 3.16. The Balaban J connectivity index is 2.21. The Morgan fingerprint density at radius 1 is 0.957 bits per heavy atom. The highest BCUT2D eigenvalue weighted by Crippen LogP contribution is 2.51. The molecule has 114 valence electrons. The van der Waals surface area contributed by atoms with E-state index in [-0.39, 0.29) is 0 Å². The van der Waals surface area contributed by atoms with Gasteiger partial charge in [0.15, 0.2) is 11.5 Å². The summed E-state index contributed by atoms with van der Waals surface area (Å²) in [6.07, 6.45) is 5.67. The lowest BCUT2D eigenvalue weighted by atomic mass is 9.94. The topological polar surface area (TPSA) is 43.4 Å². The summed E-state index contributed by atoms with van der Waals surface area (Å²) in [5.74, 6) is 1.42. The van der Waals surface area contributed by atoms with E-state index in [0.29, 0.717) is 5.75 Å². The van der Waals surface area contributed by atoms with Gasteiger partial charge in [-0.05, 0) is 23.1 Å². The second-order valence-electron chi connectivity index (χ2n) is 5.28. The highest BCUT2D eigenvalue weighted by Gasteiger charge is 2.24. The zero-order valence-corrected chi connectivity index (χ0v) is 13.0. The third kappa shape index (κ3) is 1.95. The zero-order chi connectivity index (χ0) is 15.8. The van der Waals surface area contributed by atoms with Crippen LogP contribution in [-0.2, 0) is 0 Å². The van der Waals surface area contributed by atoms with Gasteiger partial charge in [0, 0.05) is 23.3 Å². The molecule has 0 amide bonds. The third-order valence-electron chi connectivity index (χ3n) is 4.10. The van der Waals surface area contributed by atoms with Crippen molar-refractivity contribution in [2.45, 2.75) is 0 Å². The Morgan fingerprint density at radius 2 is 1.74 bits per heavy atom. The van der Waals surface area contributed by atoms with E-state index < -0.39 is 0 Å². The molecule has 0 unspecified atom stereocenters. The van der Waals surface area contributed by atoms with Crippen LogP contribution in [0.5, 0.6) is 11.5 Å². The molecule has 0 radical (unpaired) electrons. The first-order chi connectivity index (χ1) is 11.3. The molecule has 1 aromatic heterocycles. The molecule has 2 aromatic carbocycles. The molecule has 3 aromatic rings. The van der Waals surface area contributed by atoms with Crippen LogP contribution >= 0.6 is 0 Å². The molecule has 0 bridgehead atoms. The summed E-state index contributed by atoms with van der Waals surface area (Å²) in [4.78, 5) is 4.48. The molecule has 1 N–H and O–H groups in total. The maximum atomic E-state index is 5.73. The molecule has 0 aliphatic carbocycles. The Labute approximate surface area is 134 Å². The predicted molar refractivity (Wildman–Crippen MR) is 92.9 cm³/mol. The van der Waals surface area contributed by atoms with Crippen LogP contribution in [0.15, 0.2) is 48.8 Å². The minimum Gasteiger partial charge on any atom is -0.492 e. The van der Waals surface area contributed by atoms with E-state index in [1.807, 2.05) is 42.7 Å². The van der Waals surface area contributed by atoms with Crippen molar-refractivity contribution in [3.63, 3.8) is 0 Å². The number of benzene rings is 2. The van der Waals surface area contributed by atoms with Gasteiger partial charge in [0.2, 0.25) is 0 Å². The summed E-state index contributed by atoms with van der Waals surface area (Å²) >= 11 is 0. The Morgan fingerprint density at radius 3 is 2.48 bits per heavy atom. The summed E-state index contributed by atoms with van der Waals surface area (Å²) in [5.41, 5.74) is 3.92. The van der Waals surface area contributed by atoms with E-state index in [0.717, 1.165) is 39.0 Å². The van der Waals surface area contributed by atoms with Gasteiger partial charge in [0.1, 0.15) is 0 Å². The SMILES string of the molecule is COc1c(OC)c2c3c(nccc3c1-c1ccccc1)C=CN2. The molecule has 0 saturated carbocycles. The second kappa shape index (κ2) is 5.32. The van der Waals surface area contributed by atoms with Crippen molar-refractivity contribution >= 4 is 22.5 Å². The molecular weight excluding hydrogens is 288 g/mol. The average Bonchev–Trinajstić information content (AvgIpc) is 2.62. The molecule has 2 heterocycles. The van der Waals surface area contributed by atoms with Crippen LogP contribution in [0.4, 0.5) is 5.69 Å². The summed E-state index contributed by atoms with van der Waals surface area (Å²) in [7, 11) is 3.33. The first-order valence-corrected chi connectivity index (χ1v) is 7.40. The number of pyridine rings is 1. The van der Waals surface area contributed by atoms with Crippen molar-refractivity contribution < 1.29 is 9.47 Å². The lowest BCUT2D eigenvalue weighted by Crippen LogP contribution is -2.04. The minimum atomic E-state index is 0.692. The molecule has 4 heteroatoms. The van der Waals surface area contributed by atoms with Gasteiger partial charge in [0.05, 0.1) is 25.6 Å². The average molecular weight is 304 g/mol. The lowest BCUT2D eigenvalue weighted by molar-refractivity contribution is 0.358. The number of nitrogens with one attached hydrogen (secondary N) is 1. The Hall–Kier alpha value is -3.01. The van der Waals surface area contributed by atoms with Gasteiger partial charge in [-0.3, -0.25) is 4.98 Å². The number of rotatable bonds is 3. The Kier molecular flexibility index (Phi) is 3.15. The van der Waals surface area contributed by atoms with Crippen molar-refractivity contribution in [2.24, 2.45) is 0 Å². The maximum Gasteiger partial charge on any atom is 0.185 e. The van der Waals surface area contributed by atoms with Gasteiger partial charge >= 0.3 is 0 Å². The maximum absolute atomic E-state index is 5.73. The van der Waals surface area contributed by atoms with Crippen LogP contribution in [-0.4, -0.2) is 19.2 Å². The number of hydrogen-bond acceptors (Lipinski definition) is 4. The van der Waals surface area contributed by atoms with E-state index in [9.17, 15) is 0 Å². The fourth-order valence-corrected chi connectivity index (χ4v) is 3.16. The fraction of sp³-hybridized carbons (Fsp3) is 0.105. The normalized spacial score (nSPS) is 12.1. The van der Waals surface area contributed by atoms with Gasteiger partial charge in [-0.25, -0.2) is 0 Å². The third-order valence-corrected chi connectivity index (χ3v) is 4.10. The van der Waals surface area contributed by atoms with Crippen LogP contribution < -0.4 is 14.8 Å². The van der Waals surface area contributed by atoms with Gasteiger partial charge in [-0.2, -0.15) is 0 Å². The molecule has 1 aliphatic heterocycles. The largest absolute Gasteiger partial charge is 0.492 e. The van der Waals surface area contributed by atoms with Gasteiger partial charge in [-0.1, -0.05) is 30.3 Å². The first kappa shape index (κ1) is 13.6. The van der Waals surface area contributed by atoms with Crippen molar-refractivity contribution in [3.8, 4) is 22.6 Å². The number of methoxy groups -OCH3 is 2. The quantitative estimate of drug-likeness (QED) is 0.783. The summed E-state index contributed by atoms with van der Waals surface area (Å²) in [6, 6.07) is 12.2. The van der Waals surface area contributed by atoms with Crippen LogP contribution in [0.2, 0.25) is 0 Å². The van der Waals surface area contributed by atoms with Gasteiger partial charge in [0.25, 0.3) is 0 Å². The van der Waals surface area contributed by atoms with Crippen molar-refractivity contribution in [3.05, 3.63) is 54.5 Å². The molecular formula is C19H16N2O2. The van der Waals surface area contributed by atoms with Crippen LogP contribution in [0.25, 0.3) is 28.0 Å². The summed E-state index contributed by atoms with van der Waals surface area (Å²) in [6.45, 7) is 0. The molecule has 1 aliphatic rings. The van der Waals surface area contributed by atoms with Crippen LogP contribution in [0, 0.1) is 0 Å². The van der Waals surface area contributed by atoms with Gasteiger partial charge in [-0.15, -0.1) is 0 Å². The van der Waals surface area contributed by atoms with Crippen LogP contribution in [0.3, 0.4) is 0 Å². The smallest absolute Gasteiger partial charge is 0.185 e. The number of ether oxygens (including phenoxy) is 2. The Bertz CT molecular complexity index is 918. The predicted octanol–water partition coefficient (Wildman–Crippen LogP) is 4.32. The second-order valence-corrected chi connectivity index (χ2v) is 5.28. The molecule has 0 atom stereocenters. The zero-order valence-electron chi connectivity index (χ0n) is 13.0. The lowest BCUT2D eigenvalue weighted by Gasteiger charge is -2.22. The highest BCUT2D eigenvalue weighted by atomic mass is 16.5. The van der Waals surface area contributed by atoms with Gasteiger partial charge < -0.3 is 14.8 Å².